The molecule has 1 aromatic carbocycles. The van der Waals surface area contributed by atoms with Gasteiger partial charge in [0.1, 0.15) is 12.4 Å². The molecular formula is C22H19NO7S. The molecule has 0 spiro atoms. The highest BCUT2D eigenvalue weighted by Gasteiger charge is 2.35. The smallest absolute Gasteiger partial charge is 0.373 e. The van der Waals surface area contributed by atoms with E-state index in [2.05, 4.69) is 10.7 Å². The number of furan rings is 1. The van der Waals surface area contributed by atoms with Crippen LogP contribution < -0.4 is 9.47 Å². The van der Waals surface area contributed by atoms with Gasteiger partial charge in [-0.05, 0) is 54.6 Å². The zero-order valence-electron chi connectivity index (χ0n) is 16.9. The molecule has 0 saturated carbocycles. The van der Waals surface area contributed by atoms with Crippen molar-refractivity contribution in [3.8, 4) is 23.8 Å². The van der Waals surface area contributed by atoms with Crippen molar-refractivity contribution in [2.75, 3.05) is 20.3 Å². The van der Waals surface area contributed by atoms with E-state index in [0.29, 0.717) is 23.7 Å². The number of benzene rings is 1. The Hall–Kier alpha value is -3.64. The van der Waals surface area contributed by atoms with Crippen LogP contribution in [0.2, 0.25) is 0 Å². The Morgan fingerprint density at radius 1 is 1.23 bits per heavy atom. The summed E-state index contributed by atoms with van der Waals surface area (Å²) in [7, 11) is 1.23. The highest BCUT2D eigenvalue weighted by Crippen LogP contribution is 2.35. The molecule has 2 heterocycles. The standard InChI is InChI=1S/C22H19NO7S/c1-4-10-29-16-8-6-14(11-18(16)28-5-2)12-19-20(24)23(22(26)31-19)13-15-7-9-17(30-15)21(25)27-3/h1,6-9,11-12H,5,10,13H2,2-3H3. The summed E-state index contributed by atoms with van der Waals surface area (Å²) in [4.78, 5) is 37.9. The van der Waals surface area contributed by atoms with E-state index in [1.165, 1.54) is 19.2 Å². The fourth-order valence-corrected chi connectivity index (χ4v) is 3.58. The van der Waals surface area contributed by atoms with Crippen LogP contribution in [0, 0.1) is 12.3 Å². The van der Waals surface area contributed by atoms with Gasteiger partial charge in [0.25, 0.3) is 11.1 Å². The molecule has 1 aliphatic heterocycles. The maximum atomic E-state index is 12.7. The number of methoxy groups -OCH3 is 1. The lowest BCUT2D eigenvalue weighted by atomic mass is 10.2. The molecule has 0 N–H and O–H groups in total. The summed E-state index contributed by atoms with van der Waals surface area (Å²) in [5.74, 6) is 2.55. The van der Waals surface area contributed by atoms with E-state index in [0.717, 1.165) is 16.7 Å². The number of nitrogens with zero attached hydrogens (tertiary/aromatic N) is 1. The van der Waals surface area contributed by atoms with Crippen molar-refractivity contribution in [2.24, 2.45) is 0 Å². The summed E-state index contributed by atoms with van der Waals surface area (Å²) in [5, 5.41) is -0.439. The number of hydrogen-bond acceptors (Lipinski definition) is 8. The Balaban J connectivity index is 1.78. The second-order valence-corrected chi connectivity index (χ2v) is 7.15. The highest BCUT2D eigenvalue weighted by molar-refractivity contribution is 8.18. The van der Waals surface area contributed by atoms with Gasteiger partial charge in [-0.1, -0.05) is 12.0 Å². The number of amides is 2. The maximum Gasteiger partial charge on any atom is 0.373 e. The first-order valence-electron chi connectivity index (χ1n) is 9.22. The first-order chi connectivity index (χ1) is 15.0. The van der Waals surface area contributed by atoms with Crippen molar-refractivity contribution in [1.82, 2.24) is 4.90 Å². The average Bonchev–Trinajstić information content (AvgIpc) is 3.33. The van der Waals surface area contributed by atoms with E-state index in [4.69, 9.17) is 20.3 Å². The van der Waals surface area contributed by atoms with Crippen molar-refractivity contribution >= 4 is 35.0 Å². The van der Waals surface area contributed by atoms with Gasteiger partial charge in [0.2, 0.25) is 5.76 Å². The van der Waals surface area contributed by atoms with E-state index in [1.54, 1.807) is 24.3 Å². The first-order valence-corrected chi connectivity index (χ1v) is 10.0. The lowest BCUT2D eigenvalue weighted by Gasteiger charge is -2.11. The van der Waals surface area contributed by atoms with Gasteiger partial charge in [0, 0.05) is 0 Å². The quantitative estimate of drug-likeness (QED) is 0.348. The van der Waals surface area contributed by atoms with Crippen molar-refractivity contribution < 1.29 is 33.0 Å². The van der Waals surface area contributed by atoms with Crippen LogP contribution >= 0.6 is 11.8 Å². The molecule has 3 rings (SSSR count). The minimum absolute atomic E-state index is 0.00406. The molecule has 2 amide bonds. The highest BCUT2D eigenvalue weighted by atomic mass is 32.2. The second-order valence-electron chi connectivity index (χ2n) is 6.16. The molecule has 2 aromatic rings. The molecule has 1 fully saturated rings. The number of imide groups is 1. The molecule has 0 atom stereocenters. The molecule has 31 heavy (non-hydrogen) atoms. The summed E-state index contributed by atoms with van der Waals surface area (Å²) in [6, 6.07) is 8.07. The average molecular weight is 441 g/mol. The number of esters is 1. The summed E-state index contributed by atoms with van der Waals surface area (Å²) >= 11 is 0.817. The van der Waals surface area contributed by atoms with Gasteiger partial charge in [-0.15, -0.1) is 6.42 Å². The van der Waals surface area contributed by atoms with Gasteiger partial charge in [-0.3, -0.25) is 14.5 Å². The molecule has 160 valence electrons. The van der Waals surface area contributed by atoms with Gasteiger partial charge in [-0.25, -0.2) is 4.79 Å². The van der Waals surface area contributed by atoms with Crippen LogP contribution in [0.15, 0.2) is 39.7 Å². The fraction of sp³-hybridized carbons (Fsp3) is 0.227. The summed E-state index contributed by atoms with van der Waals surface area (Å²) < 4.78 is 21.0. The zero-order chi connectivity index (χ0) is 22.4. The molecule has 9 heteroatoms. The van der Waals surface area contributed by atoms with Gasteiger partial charge < -0.3 is 18.6 Å². The maximum absolute atomic E-state index is 12.7. The lowest BCUT2D eigenvalue weighted by Crippen LogP contribution is -2.27. The number of carbonyl (C=O) groups is 3. The predicted molar refractivity (Wildman–Crippen MR) is 114 cm³/mol. The first kappa shape index (κ1) is 22.1. The largest absolute Gasteiger partial charge is 0.490 e. The SMILES string of the molecule is C#CCOc1ccc(C=C2SC(=O)N(Cc3ccc(C(=O)OC)o3)C2=O)cc1OCC. The fourth-order valence-electron chi connectivity index (χ4n) is 2.74. The summed E-state index contributed by atoms with van der Waals surface area (Å²) in [6.07, 6.45) is 6.82. The second kappa shape index (κ2) is 9.91. The Kier molecular flexibility index (Phi) is 7.05. The molecule has 1 aliphatic rings. The third-order valence-corrected chi connectivity index (χ3v) is 5.02. The Labute approximate surface area is 183 Å². The van der Waals surface area contributed by atoms with Crippen LogP contribution in [-0.2, 0) is 16.1 Å². The van der Waals surface area contributed by atoms with Crippen molar-refractivity contribution in [3.63, 3.8) is 0 Å². The predicted octanol–water partition coefficient (Wildman–Crippen LogP) is 3.71. The number of carbonyl (C=O) groups excluding carboxylic acids is 3. The van der Waals surface area contributed by atoms with Gasteiger partial charge in [0.05, 0.1) is 25.2 Å². The van der Waals surface area contributed by atoms with Gasteiger partial charge >= 0.3 is 5.97 Å². The molecule has 0 aliphatic carbocycles. The van der Waals surface area contributed by atoms with Crippen LogP contribution in [0.4, 0.5) is 4.79 Å². The molecule has 0 bridgehead atoms. The summed E-state index contributed by atoms with van der Waals surface area (Å²) in [6.45, 7) is 2.26. The van der Waals surface area contributed by atoms with Crippen LogP contribution in [-0.4, -0.2) is 42.3 Å². The molecule has 1 saturated heterocycles. The molecule has 8 nitrogen and oxygen atoms in total. The zero-order valence-corrected chi connectivity index (χ0v) is 17.7. The number of hydrogen-bond donors (Lipinski definition) is 0. The van der Waals surface area contributed by atoms with E-state index in [1.807, 2.05) is 6.92 Å². The topological polar surface area (TPSA) is 95.3 Å². The Morgan fingerprint density at radius 2 is 2.03 bits per heavy atom. The number of terminal acetylenes is 1. The van der Waals surface area contributed by atoms with Crippen LogP contribution in [0.25, 0.3) is 6.08 Å². The Bertz CT molecular complexity index is 1080. The van der Waals surface area contributed by atoms with Crippen LogP contribution in [0.3, 0.4) is 0 Å². The van der Waals surface area contributed by atoms with Gasteiger partial charge in [-0.2, -0.15) is 0 Å². The molecule has 0 radical (unpaired) electrons. The van der Waals surface area contributed by atoms with Crippen molar-refractivity contribution in [3.05, 3.63) is 52.3 Å². The minimum atomic E-state index is -0.639. The van der Waals surface area contributed by atoms with Gasteiger partial charge in [0.15, 0.2) is 11.5 Å². The van der Waals surface area contributed by atoms with E-state index in [-0.39, 0.29) is 29.6 Å². The monoisotopic (exact) mass is 441 g/mol. The van der Waals surface area contributed by atoms with Crippen LogP contribution in [0.1, 0.15) is 28.8 Å². The number of thioether (sulfide) groups is 1. The third kappa shape index (κ3) is 5.10. The number of ether oxygens (including phenoxy) is 3. The van der Waals surface area contributed by atoms with Crippen LogP contribution in [0.5, 0.6) is 11.5 Å². The Morgan fingerprint density at radius 3 is 2.74 bits per heavy atom. The normalized spacial score (nSPS) is 14.6. The van der Waals surface area contributed by atoms with Crippen molar-refractivity contribution in [2.45, 2.75) is 13.5 Å². The summed E-state index contributed by atoms with van der Waals surface area (Å²) in [5.41, 5.74) is 0.660. The van der Waals surface area contributed by atoms with Crippen molar-refractivity contribution in [1.29, 1.82) is 0 Å². The minimum Gasteiger partial charge on any atom is -0.490 e. The molecular weight excluding hydrogens is 422 g/mol. The molecule has 0 unspecified atom stereocenters. The van der Waals surface area contributed by atoms with E-state index >= 15 is 0 Å². The van der Waals surface area contributed by atoms with E-state index in [9.17, 15) is 14.4 Å². The van der Waals surface area contributed by atoms with E-state index < -0.39 is 17.1 Å². The lowest BCUT2D eigenvalue weighted by molar-refractivity contribution is -0.123. The number of rotatable bonds is 8. The third-order valence-electron chi connectivity index (χ3n) is 4.11. The molecule has 1 aromatic heterocycles.